The van der Waals surface area contributed by atoms with Gasteiger partial charge in [0.1, 0.15) is 0 Å². The van der Waals surface area contributed by atoms with Crippen molar-refractivity contribution in [1.82, 2.24) is 9.80 Å². The molecule has 0 aromatic carbocycles. The lowest BCUT2D eigenvalue weighted by Gasteiger charge is -2.50. The molecule has 3 unspecified atom stereocenters. The van der Waals surface area contributed by atoms with E-state index in [-0.39, 0.29) is 30.0 Å². The SMILES string of the molecule is CC1=C2C[C@H]3C(CC=C4C[C@@H](O)CC[C@@]43C)[C@@H]2CC[C@@]2(C1)O[C@@H]1C[C@H](C)CN(CCCl)[C@H]1[C@H]2C.CCC.CCO.C[C@H]1C[C@H]2O[C@]3(CC[C@H]4C5CC=C6C[C@@H](O)CC[C@]6(C)[C@H]5CC45C[C@]53C)[C@H](C)[C@@H]2N(CCCl)C1. The van der Waals surface area contributed by atoms with Crippen molar-refractivity contribution in [1.29, 1.82) is 0 Å². The highest BCUT2D eigenvalue weighted by atomic mass is 35.5. The van der Waals surface area contributed by atoms with Gasteiger partial charge in [-0.2, -0.15) is 0 Å². The van der Waals surface area contributed by atoms with Crippen LogP contribution in [0.4, 0.5) is 0 Å². The maximum atomic E-state index is 10.4. The summed E-state index contributed by atoms with van der Waals surface area (Å²) in [5, 5.41) is 28.3. The maximum absolute atomic E-state index is 10.4. The summed E-state index contributed by atoms with van der Waals surface area (Å²) in [4.78, 5) is 5.37. The van der Waals surface area contributed by atoms with Crippen molar-refractivity contribution >= 4 is 23.2 Å². The molecule has 10 fully saturated rings. The van der Waals surface area contributed by atoms with E-state index in [1.54, 1.807) is 29.2 Å². The average Bonchev–Trinajstić information content (AvgIpc) is 3.82. The van der Waals surface area contributed by atoms with Crippen LogP contribution in [0.5, 0.6) is 0 Å². The fraction of sp³-hybridized carbons (Fsp3) is 0.908. The summed E-state index contributed by atoms with van der Waals surface area (Å²) < 4.78 is 14.5. The fourth-order valence-electron chi connectivity index (χ4n) is 21.8. The molecule has 3 N–H and O–H groups in total. The number of nitrogens with zero attached hydrogens (tertiary/aromatic N) is 2. The van der Waals surface area contributed by atoms with Crippen LogP contribution in [0.3, 0.4) is 0 Å². The first-order chi connectivity index (χ1) is 35.3. The molecular weight excluding hydrogens is 960 g/mol. The van der Waals surface area contributed by atoms with Gasteiger partial charge in [-0.3, -0.25) is 9.80 Å². The van der Waals surface area contributed by atoms with Gasteiger partial charge >= 0.3 is 0 Å². The van der Waals surface area contributed by atoms with E-state index in [0.29, 0.717) is 69.6 Å². The van der Waals surface area contributed by atoms with Crippen molar-refractivity contribution < 1.29 is 24.8 Å². The van der Waals surface area contributed by atoms with Crippen LogP contribution in [-0.4, -0.2) is 117 Å². The molecule has 6 saturated carbocycles. The van der Waals surface area contributed by atoms with Crippen LogP contribution in [0.1, 0.15) is 198 Å². The Morgan fingerprint density at radius 3 is 1.80 bits per heavy atom. The monoisotopic (exact) mass is 1060 g/mol. The highest BCUT2D eigenvalue weighted by Crippen LogP contribution is 2.87. The lowest BCUT2D eigenvalue weighted by Crippen LogP contribution is -2.54. The Hall–Kier alpha value is -0.480. The van der Waals surface area contributed by atoms with E-state index in [2.05, 4.69) is 91.2 Å². The topological polar surface area (TPSA) is 85.6 Å². The van der Waals surface area contributed by atoms with Crippen molar-refractivity contribution in [2.75, 3.05) is 44.5 Å². The number of ether oxygens (including phenoxy) is 2. The van der Waals surface area contributed by atoms with E-state index < -0.39 is 0 Å². The average molecular weight is 1070 g/mol. The number of aliphatic hydroxyl groups excluding tert-OH is 3. The summed E-state index contributed by atoms with van der Waals surface area (Å²) in [6, 6.07) is 1.08. The zero-order valence-corrected chi connectivity index (χ0v) is 50.1. The molecule has 4 aliphatic heterocycles. The number of aliphatic hydroxyl groups is 3. The minimum atomic E-state index is -0.116. The Balaban J connectivity index is 0.000000153. The minimum absolute atomic E-state index is 0.00932. The van der Waals surface area contributed by atoms with E-state index in [4.69, 9.17) is 37.8 Å². The van der Waals surface area contributed by atoms with Gasteiger partial charge in [0.05, 0.1) is 35.6 Å². The normalized spacial score (nSPS) is 51.5. The molecule has 0 bridgehead atoms. The van der Waals surface area contributed by atoms with E-state index in [1.165, 1.54) is 103 Å². The van der Waals surface area contributed by atoms with Gasteiger partial charge in [0.25, 0.3) is 0 Å². The fourth-order valence-corrected chi connectivity index (χ4v) is 22.2. The van der Waals surface area contributed by atoms with Crippen molar-refractivity contribution in [2.24, 2.45) is 80.8 Å². The highest BCUT2D eigenvalue weighted by molar-refractivity contribution is 6.18. The number of alkyl halides is 2. The van der Waals surface area contributed by atoms with Gasteiger partial charge in [-0.25, -0.2) is 0 Å². The van der Waals surface area contributed by atoms with E-state index in [0.717, 1.165) is 92.5 Å². The molecule has 3 spiro atoms. The van der Waals surface area contributed by atoms with Gasteiger partial charge in [-0.15, -0.1) is 23.2 Å². The van der Waals surface area contributed by atoms with Crippen molar-refractivity contribution in [3.8, 4) is 0 Å². The maximum Gasteiger partial charge on any atom is 0.0787 e. The van der Waals surface area contributed by atoms with Crippen molar-refractivity contribution in [3.05, 3.63) is 34.4 Å². The Bertz CT molecular complexity index is 2110. The molecular formula is C65H106Cl2N2O5. The molecule has 9 aliphatic carbocycles. The lowest BCUT2D eigenvalue weighted by molar-refractivity contribution is -0.148. The first kappa shape index (κ1) is 56.8. The van der Waals surface area contributed by atoms with Crippen LogP contribution in [-0.2, 0) is 9.47 Å². The quantitative estimate of drug-likeness (QED) is 0.191. The molecule has 0 aromatic rings. The Labute approximate surface area is 461 Å². The lowest BCUT2D eigenvalue weighted by atomic mass is 9.56. The first-order valence-electron chi connectivity index (χ1n) is 31.3. The molecule has 4 saturated heterocycles. The molecule has 4 heterocycles. The predicted octanol–water partition coefficient (Wildman–Crippen LogP) is 13.8. The first-order valence-corrected chi connectivity index (χ1v) is 32.3. The van der Waals surface area contributed by atoms with Gasteiger partial charge in [-0.1, -0.05) is 103 Å². The smallest absolute Gasteiger partial charge is 0.0787 e. The molecule has 13 rings (SSSR count). The number of fused-ring (bicyclic) bond motifs is 12. The van der Waals surface area contributed by atoms with Crippen LogP contribution in [0.2, 0.25) is 0 Å². The van der Waals surface area contributed by atoms with Crippen LogP contribution in [0.25, 0.3) is 0 Å². The summed E-state index contributed by atoms with van der Waals surface area (Å²) >= 11 is 12.5. The number of rotatable bonds is 4. The highest BCUT2D eigenvalue weighted by Gasteiger charge is 2.84. The van der Waals surface area contributed by atoms with E-state index in [1.807, 2.05) is 0 Å². The summed E-state index contributed by atoms with van der Waals surface area (Å²) in [5.41, 5.74) is 8.15. The summed E-state index contributed by atoms with van der Waals surface area (Å²) in [5.74, 6) is 8.84. The number of hydrogen-bond donors (Lipinski definition) is 3. The Kier molecular flexibility index (Phi) is 16.5. The van der Waals surface area contributed by atoms with Gasteiger partial charge in [0, 0.05) is 73.9 Å². The summed E-state index contributed by atoms with van der Waals surface area (Å²) in [6.45, 7) is 30.6. The third-order valence-electron chi connectivity index (χ3n) is 25.0. The molecule has 74 heavy (non-hydrogen) atoms. The molecule has 0 radical (unpaired) electrons. The Morgan fingerprint density at radius 1 is 0.676 bits per heavy atom. The summed E-state index contributed by atoms with van der Waals surface area (Å²) in [7, 11) is 0. The van der Waals surface area contributed by atoms with Gasteiger partial charge in [0.15, 0.2) is 0 Å². The van der Waals surface area contributed by atoms with Crippen molar-refractivity contribution in [2.45, 2.75) is 246 Å². The van der Waals surface area contributed by atoms with Crippen LogP contribution >= 0.6 is 23.2 Å². The second kappa shape index (κ2) is 21.4. The van der Waals surface area contributed by atoms with Crippen molar-refractivity contribution in [3.63, 3.8) is 0 Å². The Morgan fingerprint density at radius 2 is 1.22 bits per heavy atom. The zero-order chi connectivity index (χ0) is 52.9. The molecule has 0 aromatic heterocycles. The molecule has 9 heteroatoms. The summed E-state index contributed by atoms with van der Waals surface area (Å²) in [6.07, 6.45) is 28.4. The number of hydrogen-bond acceptors (Lipinski definition) is 7. The standard InChI is InChI=1S/2C30H46ClNO2.C3H8.C2H6O/c1-18-13-25-26(32(16-18)12-11-31)19(2)30(34-25)10-8-23-22-6-5-20-14-21(33)7-9-27(20,3)24(22)15-29(23)17-28(29,30)4;1-18-13-27-28(32(17-18)12-11-31)20(3)30(34-27)10-8-23-24-6-5-21-14-22(33)7-9-29(21,4)26(24)15-25(23)19(2)16-30;1-3-2;1-2-3/h5,18-19,21-26,33H,6-17H2,1-4H3;5,18,20,22-24,26-28,33H,6-17H2,1-4H3;3H2,1-2H3;3H,2H2,1H3/t18-,19+,21-,22?,23-,24-,25+,26-,27-,28+,29?,30+;18-,20+,22-,23-,24?,26-,27+,28-,29-,30-;;/m00../s1. The van der Waals surface area contributed by atoms with E-state index >= 15 is 0 Å². The van der Waals surface area contributed by atoms with Crippen LogP contribution in [0, 0.1) is 80.8 Å². The largest absolute Gasteiger partial charge is 0.397 e. The van der Waals surface area contributed by atoms with Gasteiger partial charge in [0.2, 0.25) is 0 Å². The minimum Gasteiger partial charge on any atom is -0.397 e. The number of allylic oxidation sites excluding steroid dienone is 3. The molecule has 13 aliphatic rings. The van der Waals surface area contributed by atoms with Crippen LogP contribution in [0.15, 0.2) is 34.4 Å². The number of halogens is 2. The third kappa shape index (κ3) is 8.93. The number of piperidine rings is 2. The number of likely N-dealkylation sites (tertiary alicyclic amines) is 2. The van der Waals surface area contributed by atoms with Gasteiger partial charge < -0.3 is 24.8 Å². The second-order valence-electron chi connectivity index (χ2n) is 28.8. The van der Waals surface area contributed by atoms with E-state index in [9.17, 15) is 10.2 Å². The second-order valence-corrected chi connectivity index (χ2v) is 29.6. The van der Waals surface area contributed by atoms with Crippen LogP contribution < -0.4 is 0 Å². The van der Waals surface area contributed by atoms with Gasteiger partial charge in [-0.05, 0) is 193 Å². The third-order valence-corrected chi connectivity index (χ3v) is 25.3. The zero-order valence-electron chi connectivity index (χ0n) is 48.6. The molecule has 22 atom stereocenters. The molecule has 420 valence electrons. The predicted molar refractivity (Wildman–Crippen MR) is 304 cm³/mol. The molecule has 7 nitrogen and oxygen atoms in total. The molecule has 0 amide bonds.